The van der Waals surface area contributed by atoms with Crippen LogP contribution in [0, 0.1) is 0 Å². The molecule has 2 aromatic rings. The molecule has 16 heavy (non-hydrogen) atoms. The normalized spacial score (nSPS) is 10.3. The zero-order valence-electron chi connectivity index (χ0n) is 8.47. The molecule has 2 rings (SSSR count). The van der Waals surface area contributed by atoms with E-state index >= 15 is 0 Å². The van der Waals surface area contributed by atoms with Crippen molar-refractivity contribution < 1.29 is 14.6 Å². The fraction of sp³-hybridized carbons (Fsp3) is 0.100. The summed E-state index contributed by atoms with van der Waals surface area (Å²) in [5.41, 5.74) is 5.77. The van der Waals surface area contributed by atoms with Crippen LogP contribution in [0.5, 0.6) is 5.75 Å². The number of carboxylic acids is 1. The second-order valence-corrected chi connectivity index (χ2v) is 3.12. The Morgan fingerprint density at radius 3 is 2.81 bits per heavy atom. The van der Waals surface area contributed by atoms with Crippen molar-refractivity contribution >= 4 is 22.8 Å². The second-order valence-electron chi connectivity index (χ2n) is 3.12. The number of hydrogen-bond acceptors (Lipinski definition) is 5. The van der Waals surface area contributed by atoms with Gasteiger partial charge < -0.3 is 15.6 Å². The quantitative estimate of drug-likeness (QED) is 0.779. The molecule has 3 N–H and O–H groups in total. The zero-order valence-corrected chi connectivity index (χ0v) is 8.47. The Kier molecular flexibility index (Phi) is 2.32. The number of rotatable bonds is 2. The summed E-state index contributed by atoms with van der Waals surface area (Å²) in [6.45, 7) is 0. The maximum absolute atomic E-state index is 11.0. The number of carboxylic acid groups (broad SMARTS) is 1. The molecule has 6 nitrogen and oxygen atoms in total. The van der Waals surface area contributed by atoms with Crippen molar-refractivity contribution in [3.05, 3.63) is 23.9 Å². The molecule has 1 aromatic heterocycles. The molecule has 0 fully saturated rings. The van der Waals surface area contributed by atoms with Crippen molar-refractivity contribution in [2.24, 2.45) is 0 Å². The van der Waals surface area contributed by atoms with Crippen LogP contribution in [0.15, 0.2) is 18.2 Å². The minimum Gasteiger partial charge on any atom is -0.497 e. The van der Waals surface area contributed by atoms with Crippen molar-refractivity contribution in [3.63, 3.8) is 0 Å². The summed E-state index contributed by atoms with van der Waals surface area (Å²) in [5, 5.41) is 9.39. The molecule has 0 aliphatic rings. The molecule has 0 saturated heterocycles. The first kappa shape index (κ1) is 10.2. The Bertz CT molecular complexity index is 568. The van der Waals surface area contributed by atoms with Crippen molar-refractivity contribution in [2.45, 2.75) is 0 Å². The highest BCUT2D eigenvalue weighted by Crippen LogP contribution is 2.22. The lowest BCUT2D eigenvalue weighted by atomic mass is 10.2. The van der Waals surface area contributed by atoms with E-state index in [0.717, 1.165) is 0 Å². The SMILES string of the molecule is COc1ccc2nc(N)nc(C(=O)O)c2c1. The van der Waals surface area contributed by atoms with Gasteiger partial charge in [0.25, 0.3) is 0 Å². The van der Waals surface area contributed by atoms with E-state index in [-0.39, 0.29) is 11.6 Å². The lowest BCUT2D eigenvalue weighted by Crippen LogP contribution is -2.06. The third-order valence-corrected chi connectivity index (χ3v) is 2.12. The predicted molar refractivity (Wildman–Crippen MR) is 57.5 cm³/mol. The number of anilines is 1. The number of ether oxygens (including phenoxy) is 1. The number of hydrogen-bond donors (Lipinski definition) is 2. The van der Waals surface area contributed by atoms with Crippen LogP contribution >= 0.6 is 0 Å². The van der Waals surface area contributed by atoms with Gasteiger partial charge in [0.05, 0.1) is 12.6 Å². The minimum atomic E-state index is -1.15. The van der Waals surface area contributed by atoms with E-state index in [1.165, 1.54) is 7.11 Å². The largest absolute Gasteiger partial charge is 0.497 e. The summed E-state index contributed by atoms with van der Waals surface area (Å²) >= 11 is 0. The van der Waals surface area contributed by atoms with Gasteiger partial charge in [-0.2, -0.15) is 0 Å². The third kappa shape index (κ3) is 1.60. The van der Waals surface area contributed by atoms with Crippen LogP contribution in [-0.2, 0) is 0 Å². The zero-order chi connectivity index (χ0) is 11.7. The summed E-state index contributed by atoms with van der Waals surface area (Å²) in [4.78, 5) is 18.6. The van der Waals surface area contributed by atoms with Crippen LogP contribution in [0.2, 0.25) is 0 Å². The van der Waals surface area contributed by atoms with Gasteiger partial charge in [-0.25, -0.2) is 14.8 Å². The molecule has 0 aliphatic heterocycles. The van der Waals surface area contributed by atoms with Crippen LogP contribution in [-0.4, -0.2) is 28.2 Å². The number of carbonyl (C=O) groups is 1. The molecule has 0 atom stereocenters. The highest BCUT2D eigenvalue weighted by atomic mass is 16.5. The van der Waals surface area contributed by atoms with Crippen LogP contribution < -0.4 is 10.5 Å². The van der Waals surface area contributed by atoms with E-state index in [1.807, 2.05) is 0 Å². The van der Waals surface area contributed by atoms with Crippen molar-refractivity contribution in [3.8, 4) is 5.75 Å². The Hall–Kier alpha value is -2.37. The number of aromatic nitrogens is 2. The predicted octanol–water partition coefficient (Wildman–Crippen LogP) is 0.919. The summed E-state index contributed by atoms with van der Waals surface area (Å²) in [6.07, 6.45) is 0. The first-order valence-electron chi connectivity index (χ1n) is 4.46. The van der Waals surface area contributed by atoms with Gasteiger partial charge in [-0.3, -0.25) is 0 Å². The number of nitrogen functional groups attached to an aromatic ring is 1. The molecule has 0 radical (unpaired) electrons. The lowest BCUT2D eigenvalue weighted by molar-refractivity contribution is 0.0693. The van der Waals surface area contributed by atoms with Gasteiger partial charge in [-0.15, -0.1) is 0 Å². The summed E-state index contributed by atoms with van der Waals surface area (Å²) in [7, 11) is 1.50. The lowest BCUT2D eigenvalue weighted by Gasteiger charge is -2.05. The number of methoxy groups -OCH3 is 1. The topological polar surface area (TPSA) is 98.3 Å². The first-order chi connectivity index (χ1) is 7.61. The number of aromatic carboxylic acids is 1. The molecule has 1 aromatic carbocycles. The Morgan fingerprint density at radius 2 is 2.19 bits per heavy atom. The maximum Gasteiger partial charge on any atom is 0.355 e. The van der Waals surface area contributed by atoms with Gasteiger partial charge in [-0.1, -0.05) is 0 Å². The third-order valence-electron chi connectivity index (χ3n) is 2.12. The molecule has 1 heterocycles. The number of nitrogens with zero attached hydrogens (tertiary/aromatic N) is 2. The monoisotopic (exact) mass is 219 g/mol. The number of benzene rings is 1. The van der Waals surface area contributed by atoms with E-state index < -0.39 is 5.97 Å². The highest BCUT2D eigenvalue weighted by Gasteiger charge is 2.13. The molecule has 0 saturated carbocycles. The van der Waals surface area contributed by atoms with Crippen LogP contribution in [0.3, 0.4) is 0 Å². The molecule has 82 valence electrons. The summed E-state index contributed by atoms with van der Waals surface area (Å²) in [6, 6.07) is 4.89. The van der Waals surface area contributed by atoms with Gasteiger partial charge in [0.2, 0.25) is 5.95 Å². The highest BCUT2D eigenvalue weighted by molar-refractivity contribution is 6.01. The number of fused-ring (bicyclic) bond motifs is 1. The maximum atomic E-state index is 11.0. The molecule has 0 unspecified atom stereocenters. The molecule has 0 bridgehead atoms. The Labute approximate surface area is 90.7 Å². The smallest absolute Gasteiger partial charge is 0.355 e. The van der Waals surface area contributed by atoms with Crippen LogP contribution in [0.25, 0.3) is 10.9 Å². The second kappa shape index (κ2) is 3.65. The molecule has 0 spiro atoms. The van der Waals surface area contributed by atoms with Crippen molar-refractivity contribution in [1.29, 1.82) is 0 Å². The van der Waals surface area contributed by atoms with E-state index in [0.29, 0.717) is 16.7 Å². The standard InChI is InChI=1S/C10H9N3O3/c1-16-5-2-3-7-6(4-5)8(9(14)15)13-10(11)12-7/h2-4H,1H3,(H,14,15)(H2,11,12,13). The van der Waals surface area contributed by atoms with Gasteiger partial charge in [-0.05, 0) is 18.2 Å². The summed E-state index contributed by atoms with van der Waals surface area (Å²) in [5.74, 6) is -0.661. The van der Waals surface area contributed by atoms with Gasteiger partial charge in [0, 0.05) is 5.39 Å². The van der Waals surface area contributed by atoms with Gasteiger partial charge >= 0.3 is 5.97 Å². The van der Waals surface area contributed by atoms with Crippen LogP contribution in [0.4, 0.5) is 5.95 Å². The van der Waals surface area contributed by atoms with Gasteiger partial charge in [0.1, 0.15) is 5.75 Å². The van der Waals surface area contributed by atoms with Crippen molar-refractivity contribution in [1.82, 2.24) is 9.97 Å². The molecular formula is C10H9N3O3. The summed E-state index contributed by atoms with van der Waals surface area (Å²) < 4.78 is 5.01. The van der Waals surface area contributed by atoms with E-state index in [4.69, 9.17) is 15.6 Å². The van der Waals surface area contributed by atoms with Gasteiger partial charge in [0.15, 0.2) is 5.69 Å². The van der Waals surface area contributed by atoms with E-state index in [1.54, 1.807) is 18.2 Å². The van der Waals surface area contributed by atoms with Crippen LogP contribution in [0.1, 0.15) is 10.5 Å². The first-order valence-corrected chi connectivity index (χ1v) is 4.46. The minimum absolute atomic E-state index is 0.0601. The number of nitrogens with two attached hydrogens (primary N) is 1. The fourth-order valence-corrected chi connectivity index (χ4v) is 1.42. The van der Waals surface area contributed by atoms with E-state index in [2.05, 4.69) is 9.97 Å². The fourth-order valence-electron chi connectivity index (χ4n) is 1.42. The molecule has 0 aliphatic carbocycles. The molecule has 0 amide bonds. The van der Waals surface area contributed by atoms with E-state index in [9.17, 15) is 4.79 Å². The molecule has 6 heteroatoms. The average Bonchev–Trinajstić information content (AvgIpc) is 2.27. The molecular weight excluding hydrogens is 210 g/mol. The Balaban J connectivity index is 2.80. The average molecular weight is 219 g/mol. The van der Waals surface area contributed by atoms with Crippen molar-refractivity contribution in [2.75, 3.05) is 12.8 Å². The Morgan fingerprint density at radius 1 is 1.44 bits per heavy atom.